The summed E-state index contributed by atoms with van der Waals surface area (Å²) < 4.78 is 0.575. The van der Waals surface area contributed by atoms with Crippen LogP contribution >= 0.6 is 0 Å². The van der Waals surface area contributed by atoms with Crippen LogP contribution in [0.3, 0.4) is 0 Å². The van der Waals surface area contributed by atoms with Crippen LogP contribution in [0.1, 0.15) is 27.2 Å². The van der Waals surface area contributed by atoms with Crippen LogP contribution in [-0.4, -0.2) is 30.7 Å². The molecule has 0 N–H and O–H groups in total. The first-order valence-electron chi connectivity index (χ1n) is 6.94. The van der Waals surface area contributed by atoms with Crippen LogP contribution in [0.2, 0.25) is 0 Å². The van der Waals surface area contributed by atoms with Crippen LogP contribution in [0.15, 0.2) is 49.1 Å². The first-order valence-corrected chi connectivity index (χ1v) is 6.94. The number of hydrogen-bond acceptors (Lipinski definition) is 1. The number of likely N-dealkylation sites (N-methyl/N-ethyl adjacent to an activating group) is 1. The molecule has 0 amide bonds. The maximum atomic E-state index is 9.09. The van der Waals surface area contributed by atoms with E-state index in [1.54, 1.807) is 0 Å². The zero-order valence-electron chi connectivity index (χ0n) is 13.7. The number of hydrogen-bond donors (Lipinski definition) is 0. The number of nitriles is 1. The molecule has 2 nitrogen and oxygen atoms in total. The third-order valence-electron chi connectivity index (χ3n) is 4.48. The minimum absolute atomic E-state index is 0.234. The van der Waals surface area contributed by atoms with Crippen molar-refractivity contribution in [2.45, 2.75) is 32.7 Å². The van der Waals surface area contributed by atoms with Gasteiger partial charge in [0.2, 0.25) is 0 Å². The van der Waals surface area contributed by atoms with Crippen LogP contribution in [0.5, 0.6) is 0 Å². The van der Waals surface area contributed by atoms with E-state index >= 15 is 0 Å². The average Bonchev–Trinajstić information content (AvgIpc) is 2.37. The molecule has 0 aliphatic carbocycles. The summed E-state index contributed by atoms with van der Waals surface area (Å²) in [6.07, 6.45) is 6.89. The van der Waals surface area contributed by atoms with Crippen LogP contribution in [0, 0.1) is 17.2 Å². The topological polar surface area (TPSA) is 23.8 Å². The van der Waals surface area contributed by atoms with Gasteiger partial charge < -0.3 is 4.48 Å². The van der Waals surface area contributed by atoms with Gasteiger partial charge in [-0.05, 0) is 33.3 Å². The van der Waals surface area contributed by atoms with Crippen molar-refractivity contribution in [2.24, 2.45) is 5.92 Å². The first-order chi connectivity index (χ1) is 9.16. The highest BCUT2D eigenvalue weighted by atomic mass is 15.4. The molecule has 2 heteroatoms. The monoisotopic (exact) mass is 273 g/mol. The Bertz CT molecular complexity index is 449. The quantitative estimate of drug-likeness (QED) is 0.281. The standard InChI is InChI=1S/C18H29N2/c1-9-16(5)11-12-17(15(3)4)18(6,10-2)20(7,8)14-13-19/h9-11,17H,1-3,12,14H2,4-8H3/q+1. The number of allylic oxidation sites excluding steroid dienone is 3. The molecule has 0 bridgehead atoms. The van der Waals surface area contributed by atoms with Gasteiger partial charge in [-0.3, -0.25) is 0 Å². The van der Waals surface area contributed by atoms with E-state index < -0.39 is 0 Å². The maximum Gasteiger partial charge on any atom is 0.166 e. The minimum Gasteiger partial charge on any atom is -0.308 e. The molecule has 0 spiro atoms. The molecule has 0 heterocycles. The van der Waals surface area contributed by atoms with Crippen LogP contribution in [-0.2, 0) is 0 Å². The molecule has 0 aliphatic rings. The zero-order valence-corrected chi connectivity index (χ0v) is 13.7. The second-order valence-electron chi connectivity index (χ2n) is 6.22. The minimum atomic E-state index is -0.237. The Kier molecular flexibility index (Phi) is 6.68. The lowest BCUT2D eigenvalue weighted by molar-refractivity contribution is -0.929. The Morgan fingerprint density at radius 2 is 1.90 bits per heavy atom. The fourth-order valence-corrected chi connectivity index (χ4v) is 2.48. The van der Waals surface area contributed by atoms with Crippen molar-refractivity contribution in [1.29, 1.82) is 5.26 Å². The van der Waals surface area contributed by atoms with E-state index in [4.69, 9.17) is 5.26 Å². The summed E-state index contributed by atoms with van der Waals surface area (Å²) in [6, 6.07) is 2.28. The van der Waals surface area contributed by atoms with Gasteiger partial charge in [0, 0.05) is 5.92 Å². The van der Waals surface area contributed by atoms with E-state index in [9.17, 15) is 0 Å². The van der Waals surface area contributed by atoms with E-state index in [-0.39, 0.29) is 11.5 Å². The van der Waals surface area contributed by atoms with Crippen LogP contribution in [0.25, 0.3) is 0 Å². The molecule has 0 saturated heterocycles. The second kappa shape index (κ2) is 7.26. The molecule has 20 heavy (non-hydrogen) atoms. The first kappa shape index (κ1) is 18.4. The van der Waals surface area contributed by atoms with Crippen molar-refractivity contribution in [2.75, 3.05) is 20.6 Å². The van der Waals surface area contributed by atoms with E-state index in [0.29, 0.717) is 11.0 Å². The van der Waals surface area contributed by atoms with Gasteiger partial charge in [-0.25, -0.2) is 0 Å². The van der Waals surface area contributed by atoms with Crippen molar-refractivity contribution < 1.29 is 4.48 Å². The smallest absolute Gasteiger partial charge is 0.166 e. The predicted molar refractivity (Wildman–Crippen MR) is 88.1 cm³/mol. The fourth-order valence-electron chi connectivity index (χ4n) is 2.48. The van der Waals surface area contributed by atoms with Gasteiger partial charge in [0.05, 0.1) is 14.1 Å². The molecule has 0 aliphatic heterocycles. The van der Waals surface area contributed by atoms with E-state index in [2.05, 4.69) is 59.8 Å². The van der Waals surface area contributed by atoms with Crippen molar-refractivity contribution >= 4 is 0 Å². The number of rotatable bonds is 8. The van der Waals surface area contributed by atoms with Crippen LogP contribution in [0.4, 0.5) is 0 Å². The van der Waals surface area contributed by atoms with Gasteiger partial charge in [0.25, 0.3) is 0 Å². The third kappa shape index (κ3) is 3.95. The average molecular weight is 273 g/mol. The van der Waals surface area contributed by atoms with Gasteiger partial charge in [-0.15, -0.1) is 0 Å². The SMILES string of the molecule is C=CC(C)=CCC(C(=C)C)C(C)(C=C)[N+](C)(C)CC#N. The largest absolute Gasteiger partial charge is 0.308 e. The molecule has 0 aromatic carbocycles. The van der Waals surface area contributed by atoms with E-state index in [0.717, 1.165) is 17.6 Å². The molecule has 0 rings (SSSR count). The summed E-state index contributed by atoms with van der Waals surface area (Å²) in [5.74, 6) is 0.234. The van der Waals surface area contributed by atoms with Gasteiger partial charge in [0.15, 0.2) is 6.54 Å². The molecular weight excluding hydrogens is 244 g/mol. The lowest BCUT2D eigenvalue weighted by Gasteiger charge is -2.48. The van der Waals surface area contributed by atoms with Gasteiger partial charge in [-0.2, -0.15) is 5.26 Å². The third-order valence-corrected chi connectivity index (χ3v) is 4.48. The molecule has 2 unspecified atom stereocenters. The summed E-state index contributed by atoms with van der Waals surface area (Å²) in [5.41, 5.74) is 2.04. The highest BCUT2D eigenvalue weighted by molar-refractivity contribution is 5.18. The molecule has 110 valence electrons. The highest BCUT2D eigenvalue weighted by Crippen LogP contribution is 2.37. The molecule has 0 fully saturated rings. The molecule has 0 radical (unpaired) electrons. The number of quaternary nitrogens is 1. The van der Waals surface area contributed by atoms with Gasteiger partial charge >= 0.3 is 0 Å². The Hall–Kier alpha value is -1.59. The fraction of sp³-hybridized carbons (Fsp3) is 0.500. The Balaban J connectivity index is 5.63. The molecule has 0 aromatic rings. The molecular formula is C18H29N2+. The molecule has 2 atom stereocenters. The zero-order chi connectivity index (χ0) is 16.0. The van der Waals surface area contributed by atoms with Crippen LogP contribution < -0.4 is 0 Å². The Morgan fingerprint density at radius 1 is 1.35 bits per heavy atom. The maximum absolute atomic E-state index is 9.09. The van der Waals surface area contributed by atoms with Crippen molar-refractivity contribution in [3.05, 3.63) is 49.1 Å². The van der Waals surface area contributed by atoms with Gasteiger partial charge in [-0.1, -0.05) is 43.0 Å². The normalized spacial score (nSPS) is 16.7. The van der Waals surface area contributed by atoms with Crippen molar-refractivity contribution in [3.8, 4) is 6.07 Å². The van der Waals surface area contributed by atoms with E-state index in [1.165, 1.54) is 0 Å². The summed E-state index contributed by atoms with van der Waals surface area (Å²) in [4.78, 5) is 0. The van der Waals surface area contributed by atoms with Crippen molar-refractivity contribution in [3.63, 3.8) is 0 Å². The lowest BCUT2D eigenvalue weighted by Crippen LogP contribution is -2.60. The second-order valence-corrected chi connectivity index (χ2v) is 6.22. The summed E-state index contributed by atoms with van der Waals surface area (Å²) >= 11 is 0. The van der Waals surface area contributed by atoms with Gasteiger partial charge in [0.1, 0.15) is 11.6 Å². The summed E-state index contributed by atoms with van der Waals surface area (Å²) in [7, 11) is 4.15. The van der Waals surface area contributed by atoms with Crippen molar-refractivity contribution in [1.82, 2.24) is 0 Å². The lowest BCUT2D eigenvalue weighted by atomic mass is 9.76. The Morgan fingerprint density at radius 3 is 2.25 bits per heavy atom. The highest BCUT2D eigenvalue weighted by Gasteiger charge is 2.45. The summed E-state index contributed by atoms with van der Waals surface area (Å²) in [5, 5.41) is 9.09. The summed E-state index contributed by atoms with van der Waals surface area (Å²) in [6.45, 7) is 18.7. The predicted octanol–water partition coefficient (Wildman–Crippen LogP) is 4.25. The van der Waals surface area contributed by atoms with E-state index in [1.807, 2.05) is 19.1 Å². The number of nitrogens with zero attached hydrogens (tertiary/aromatic N) is 2. The Labute approximate surface area is 125 Å². The molecule has 0 saturated carbocycles. The molecule has 0 aromatic heterocycles.